The Bertz CT molecular complexity index is 274. The fraction of sp³-hybridized carbons (Fsp3) is 0.692. The second-order valence-electron chi connectivity index (χ2n) is 5.27. The highest BCUT2D eigenvalue weighted by atomic mass is 16.3. The quantitative estimate of drug-likeness (QED) is 0.686. The third kappa shape index (κ3) is 3.18. The minimum Gasteiger partial charge on any atom is -0.389 e. The van der Waals surface area contributed by atoms with Crippen LogP contribution in [0.2, 0.25) is 0 Å². The molecule has 15 heavy (non-hydrogen) atoms. The van der Waals surface area contributed by atoms with Gasteiger partial charge in [-0.15, -0.1) is 0 Å². The van der Waals surface area contributed by atoms with Crippen LogP contribution in [0.4, 0.5) is 0 Å². The molecule has 0 aromatic rings. The van der Waals surface area contributed by atoms with Crippen molar-refractivity contribution in [3.05, 3.63) is 23.8 Å². The largest absolute Gasteiger partial charge is 0.389 e. The zero-order valence-corrected chi connectivity index (χ0v) is 10.1. The molecule has 0 saturated heterocycles. The Kier molecular flexibility index (Phi) is 3.74. The average Bonchev–Trinajstić information content (AvgIpc) is 1.98. The third-order valence-electron chi connectivity index (χ3n) is 3.11. The minimum atomic E-state index is -0.402. The van der Waals surface area contributed by atoms with E-state index in [9.17, 15) is 10.2 Å². The van der Waals surface area contributed by atoms with Crippen LogP contribution in [0.3, 0.4) is 0 Å². The Morgan fingerprint density at radius 3 is 2.60 bits per heavy atom. The van der Waals surface area contributed by atoms with Crippen molar-refractivity contribution in [2.45, 2.75) is 46.3 Å². The SMILES string of the molecule is CC1=C[C@@H](O)CC(C)(C)[C@H]1/C=C/[C@@H](C)O. The van der Waals surface area contributed by atoms with E-state index in [1.54, 1.807) is 6.92 Å². The molecule has 0 aliphatic heterocycles. The molecule has 0 unspecified atom stereocenters. The Balaban J connectivity index is 2.89. The van der Waals surface area contributed by atoms with E-state index in [1.165, 1.54) is 5.57 Å². The summed E-state index contributed by atoms with van der Waals surface area (Å²) in [5, 5.41) is 18.9. The predicted octanol–water partition coefficient (Wildman–Crippen LogP) is 2.28. The molecule has 1 aliphatic carbocycles. The molecule has 2 heteroatoms. The molecule has 0 amide bonds. The van der Waals surface area contributed by atoms with Crippen molar-refractivity contribution in [2.75, 3.05) is 0 Å². The van der Waals surface area contributed by atoms with E-state index in [4.69, 9.17) is 0 Å². The standard InChI is InChI=1S/C13H22O2/c1-9-7-11(15)8-13(3,4)12(9)6-5-10(2)14/h5-7,10-12,14-15H,8H2,1-4H3/b6-5+/t10-,11-,12+/m1/s1. The number of allylic oxidation sites excluding steroid dienone is 2. The maximum Gasteiger partial charge on any atom is 0.0729 e. The molecular weight excluding hydrogens is 188 g/mol. The molecule has 86 valence electrons. The van der Waals surface area contributed by atoms with Gasteiger partial charge in [0.2, 0.25) is 0 Å². The lowest BCUT2D eigenvalue weighted by Gasteiger charge is -2.38. The highest BCUT2D eigenvalue weighted by Gasteiger charge is 2.34. The molecule has 0 heterocycles. The summed E-state index contributed by atoms with van der Waals surface area (Å²) < 4.78 is 0. The van der Waals surface area contributed by atoms with Gasteiger partial charge < -0.3 is 10.2 Å². The molecule has 1 rings (SSSR count). The molecule has 0 saturated carbocycles. The van der Waals surface area contributed by atoms with Gasteiger partial charge in [-0.25, -0.2) is 0 Å². The summed E-state index contributed by atoms with van der Waals surface area (Å²) in [5.74, 6) is 0.315. The maximum atomic E-state index is 9.66. The van der Waals surface area contributed by atoms with Crippen molar-refractivity contribution in [2.24, 2.45) is 11.3 Å². The summed E-state index contributed by atoms with van der Waals surface area (Å²) in [4.78, 5) is 0. The van der Waals surface area contributed by atoms with Crippen LogP contribution in [-0.2, 0) is 0 Å². The van der Waals surface area contributed by atoms with Crippen molar-refractivity contribution in [1.82, 2.24) is 0 Å². The molecule has 2 nitrogen and oxygen atoms in total. The Labute approximate surface area is 92.3 Å². The predicted molar refractivity (Wildman–Crippen MR) is 62.5 cm³/mol. The first-order chi connectivity index (χ1) is 6.83. The summed E-state index contributed by atoms with van der Waals surface area (Å²) >= 11 is 0. The van der Waals surface area contributed by atoms with Crippen LogP contribution in [0.15, 0.2) is 23.8 Å². The van der Waals surface area contributed by atoms with Crippen LogP contribution < -0.4 is 0 Å². The van der Waals surface area contributed by atoms with Crippen molar-refractivity contribution < 1.29 is 10.2 Å². The lowest BCUT2D eigenvalue weighted by atomic mass is 9.68. The van der Waals surface area contributed by atoms with Crippen LogP contribution in [-0.4, -0.2) is 22.4 Å². The molecule has 0 spiro atoms. The first-order valence-corrected chi connectivity index (χ1v) is 5.55. The maximum absolute atomic E-state index is 9.66. The van der Waals surface area contributed by atoms with Gasteiger partial charge in [0.15, 0.2) is 0 Å². The van der Waals surface area contributed by atoms with Gasteiger partial charge >= 0.3 is 0 Å². The van der Waals surface area contributed by atoms with E-state index in [0.29, 0.717) is 5.92 Å². The van der Waals surface area contributed by atoms with Crippen LogP contribution >= 0.6 is 0 Å². The molecule has 0 aromatic carbocycles. The fourth-order valence-corrected chi connectivity index (χ4v) is 2.43. The van der Waals surface area contributed by atoms with E-state index >= 15 is 0 Å². The van der Waals surface area contributed by atoms with Crippen LogP contribution in [0.5, 0.6) is 0 Å². The fourth-order valence-electron chi connectivity index (χ4n) is 2.43. The van der Waals surface area contributed by atoms with Gasteiger partial charge in [-0.1, -0.05) is 37.6 Å². The highest BCUT2D eigenvalue weighted by Crippen LogP contribution is 2.41. The minimum absolute atomic E-state index is 0.0592. The first-order valence-electron chi connectivity index (χ1n) is 5.55. The topological polar surface area (TPSA) is 40.5 Å². The Morgan fingerprint density at radius 2 is 2.13 bits per heavy atom. The van der Waals surface area contributed by atoms with Gasteiger partial charge in [-0.2, -0.15) is 0 Å². The number of aliphatic hydroxyl groups is 2. The Hall–Kier alpha value is -0.600. The molecular formula is C13H22O2. The molecule has 2 N–H and O–H groups in total. The molecule has 0 fully saturated rings. The second-order valence-corrected chi connectivity index (χ2v) is 5.27. The van der Waals surface area contributed by atoms with Crippen LogP contribution in [0.25, 0.3) is 0 Å². The molecule has 0 aromatic heterocycles. The number of rotatable bonds is 2. The van der Waals surface area contributed by atoms with Gasteiger partial charge in [0.05, 0.1) is 12.2 Å². The third-order valence-corrected chi connectivity index (χ3v) is 3.11. The number of hydrogen-bond donors (Lipinski definition) is 2. The van der Waals surface area contributed by atoms with Crippen LogP contribution in [0.1, 0.15) is 34.1 Å². The highest BCUT2D eigenvalue weighted by molar-refractivity contribution is 5.21. The summed E-state index contributed by atoms with van der Waals surface area (Å²) in [6.45, 7) is 8.11. The van der Waals surface area contributed by atoms with Crippen molar-refractivity contribution >= 4 is 0 Å². The monoisotopic (exact) mass is 210 g/mol. The molecule has 3 atom stereocenters. The van der Waals surface area contributed by atoms with Crippen molar-refractivity contribution in [3.8, 4) is 0 Å². The smallest absolute Gasteiger partial charge is 0.0729 e. The van der Waals surface area contributed by atoms with E-state index in [1.807, 2.05) is 19.1 Å². The second kappa shape index (κ2) is 4.50. The van der Waals surface area contributed by atoms with Gasteiger partial charge in [0.25, 0.3) is 0 Å². The summed E-state index contributed by atoms with van der Waals surface area (Å²) in [6, 6.07) is 0. The summed E-state index contributed by atoms with van der Waals surface area (Å²) in [7, 11) is 0. The van der Waals surface area contributed by atoms with Crippen LogP contribution in [0, 0.1) is 11.3 Å². The van der Waals surface area contributed by atoms with Gasteiger partial charge in [-0.05, 0) is 25.7 Å². The van der Waals surface area contributed by atoms with Gasteiger partial charge in [0.1, 0.15) is 0 Å². The van der Waals surface area contributed by atoms with Crippen molar-refractivity contribution in [1.29, 1.82) is 0 Å². The van der Waals surface area contributed by atoms with E-state index in [0.717, 1.165) is 6.42 Å². The van der Waals surface area contributed by atoms with E-state index < -0.39 is 6.10 Å². The zero-order chi connectivity index (χ0) is 11.6. The average molecular weight is 210 g/mol. The number of hydrogen-bond acceptors (Lipinski definition) is 2. The molecule has 0 bridgehead atoms. The lowest BCUT2D eigenvalue weighted by Crippen LogP contribution is -2.32. The molecule has 1 aliphatic rings. The summed E-state index contributed by atoms with van der Waals surface area (Å²) in [5.41, 5.74) is 1.25. The summed E-state index contributed by atoms with van der Waals surface area (Å²) in [6.07, 6.45) is 5.85. The van der Waals surface area contributed by atoms with E-state index in [-0.39, 0.29) is 11.5 Å². The Morgan fingerprint density at radius 1 is 1.53 bits per heavy atom. The lowest BCUT2D eigenvalue weighted by molar-refractivity contribution is 0.117. The van der Waals surface area contributed by atoms with Gasteiger partial charge in [-0.3, -0.25) is 0 Å². The molecule has 0 radical (unpaired) electrons. The van der Waals surface area contributed by atoms with Gasteiger partial charge in [0, 0.05) is 5.92 Å². The zero-order valence-electron chi connectivity index (χ0n) is 10.1. The van der Waals surface area contributed by atoms with Crippen molar-refractivity contribution in [3.63, 3.8) is 0 Å². The number of aliphatic hydroxyl groups excluding tert-OH is 2. The normalized spacial score (nSPS) is 32.8. The van der Waals surface area contributed by atoms with E-state index in [2.05, 4.69) is 19.9 Å². The first kappa shape index (κ1) is 12.5.